The van der Waals surface area contributed by atoms with E-state index in [2.05, 4.69) is 45.4 Å². The molecule has 170 valence electrons. The molecular formula is C23H28N4O3S2. The minimum absolute atomic E-state index is 0.146. The summed E-state index contributed by atoms with van der Waals surface area (Å²) < 4.78 is 7.06. The molecule has 2 heterocycles. The van der Waals surface area contributed by atoms with Crippen LogP contribution in [0.1, 0.15) is 48.8 Å². The summed E-state index contributed by atoms with van der Waals surface area (Å²) in [7, 11) is 0. The van der Waals surface area contributed by atoms with Crippen molar-refractivity contribution in [2.45, 2.75) is 51.7 Å². The Morgan fingerprint density at radius 3 is 2.59 bits per heavy atom. The van der Waals surface area contributed by atoms with Crippen LogP contribution in [-0.2, 0) is 22.5 Å². The summed E-state index contributed by atoms with van der Waals surface area (Å²) in [5.74, 6) is 0.543. The molecular weight excluding hydrogens is 444 g/mol. The van der Waals surface area contributed by atoms with Gasteiger partial charge in [0, 0.05) is 28.1 Å². The lowest BCUT2D eigenvalue weighted by molar-refractivity contribution is -0.113. The van der Waals surface area contributed by atoms with Gasteiger partial charge in [-0.05, 0) is 50.1 Å². The number of anilines is 1. The molecule has 2 aromatic heterocycles. The zero-order chi connectivity index (χ0) is 22.9. The largest absolute Gasteiger partial charge is 0.462 e. The number of amides is 1. The highest BCUT2D eigenvalue weighted by atomic mass is 32.2. The Bertz CT molecular complexity index is 1040. The third-order valence-electron chi connectivity index (χ3n) is 4.58. The third-order valence-corrected chi connectivity index (χ3v) is 6.55. The van der Waals surface area contributed by atoms with Crippen LogP contribution in [0.3, 0.4) is 0 Å². The monoisotopic (exact) mass is 472 g/mol. The number of carbonyl (C=O) groups excluding carboxylic acids is 2. The zero-order valence-corrected chi connectivity index (χ0v) is 20.2. The van der Waals surface area contributed by atoms with Crippen molar-refractivity contribution in [1.29, 1.82) is 0 Å². The molecule has 0 unspecified atom stereocenters. The van der Waals surface area contributed by atoms with Crippen molar-refractivity contribution in [3.8, 4) is 11.4 Å². The molecule has 0 aliphatic heterocycles. The molecule has 1 aromatic carbocycles. The summed E-state index contributed by atoms with van der Waals surface area (Å²) in [6, 6.07) is 8.84. The molecule has 7 nitrogen and oxygen atoms in total. The number of aryl methyl sites for hydroxylation is 1. The quantitative estimate of drug-likeness (QED) is 0.302. The Morgan fingerprint density at radius 2 is 1.91 bits per heavy atom. The number of thioether (sulfide) groups is 1. The second kappa shape index (κ2) is 11.8. The van der Waals surface area contributed by atoms with Crippen LogP contribution < -0.4 is 5.32 Å². The van der Waals surface area contributed by atoms with Gasteiger partial charge in [-0.3, -0.25) is 4.79 Å². The molecule has 0 aliphatic carbocycles. The number of carbonyl (C=O) groups is 2. The molecule has 32 heavy (non-hydrogen) atoms. The Labute approximate surface area is 196 Å². The van der Waals surface area contributed by atoms with Crippen LogP contribution in [0.4, 0.5) is 5.69 Å². The number of esters is 1. The highest BCUT2D eigenvalue weighted by Crippen LogP contribution is 2.28. The SMILES string of the molecule is CCCc1cc(-c2nnc(SCC(=O)Nc3ccc(C(=O)OCC)cc3)n2CCC)cs1. The molecule has 0 radical (unpaired) electrons. The second-order valence-corrected chi connectivity index (χ2v) is 9.08. The highest BCUT2D eigenvalue weighted by molar-refractivity contribution is 7.99. The van der Waals surface area contributed by atoms with E-state index in [1.54, 1.807) is 42.5 Å². The fourth-order valence-corrected chi connectivity index (χ4v) is 4.87. The Morgan fingerprint density at radius 1 is 1.12 bits per heavy atom. The second-order valence-electron chi connectivity index (χ2n) is 7.14. The summed E-state index contributed by atoms with van der Waals surface area (Å²) in [5.41, 5.74) is 2.16. The highest BCUT2D eigenvalue weighted by Gasteiger charge is 2.16. The smallest absolute Gasteiger partial charge is 0.338 e. The normalized spacial score (nSPS) is 10.8. The Balaban J connectivity index is 1.62. The van der Waals surface area contributed by atoms with E-state index in [9.17, 15) is 9.59 Å². The molecule has 0 aliphatic rings. The maximum absolute atomic E-state index is 12.4. The van der Waals surface area contributed by atoms with Crippen molar-refractivity contribution in [3.05, 3.63) is 46.2 Å². The molecule has 3 rings (SSSR count). The fraction of sp³-hybridized carbons (Fsp3) is 0.391. The molecule has 0 fully saturated rings. The molecule has 1 N–H and O–H groups in total. The lowest BCUT2D eigenvalue weighted by Crippen LogP contribution is -2.15. The van der Waals surface area contributed by atoms with Gasteiger partial charge in [-0.25, -0.2) is 4.79 Å². The predicted molar refractivity (Wildman–Crippen MR) is 129 cm³/mol. The van der Waals surface area contributed by atoms with Crippen molar-refractivity contribution < 1.29 is 14.3 Å². The average Bonchev–Trinajstić information content (AvgIpc) is 3.40. The van der Waals surface area contributed by atoms with Crippen LogP contribution in [0, 0.1) is 0 Å². The first-order valence-corrected chi connectivity index (χ1v) is 12.6. The van der Waals surface area contributed by atoms with Gasteiger partial charge in [-0.1, -0.05) is 32.0 Å². The van der Waals surface area contributed by atoms with Gasteiger partial charge >= 0.3 is 5.97 Å². The van der Waals surface area contributed by atoms with E-state index in [0.717, 1.165) is 42.4 Å². The number of ether oxygens (including phenoxy) is 1. The zero-order valence-electron chi connectivity index (χ0n) is 18.6. The van der Waals surface area contributed by atoms with Crippen molar-refractivity contribution in [1.82, 2.24) is 14.8 Å². The molecule has 0 spiro atoms. The lowest BCUT2D eigenvalue weighted by Gasteiger charge is -2.09. The number of hydrogen-bond donors (Lipinski definition) is 1. The lowest BCUT2D eigenvalue weighted by atomic mass is 10.2. The van der Waals surface area contributed by atoms with Gasteiger partial charge < -0.3 is 14.6 Å². The van der Waals surface area contributed by atoms with Gasteiger partial charge in [-0.15, -0.1) is 21.5 Å². The van der Waals surface area contributed by atoms with E-state index in [1.807, 2.05) is 0 Å². The number of nitrogens with zero attached hydrogens (tertiary/aromatic N) is 3. The van der Waals surface area contributed by atoms with E-state index < -0.39 is 0 Å². The van der Waals surface area contributed by atoms with E-state index in [1.165, 1.54) is 16.6 Å². The first-order valence-electron chi connectivity index (χ1n) is 10.8. The van der Waals surface area contributed by atoms with E-state index in [0.29, 0.717) is 17.9 Å². The predicted octanol–water partition coefficient (Wildman–Crippen LogP) is 5.28. The van der Waals surface area contributed by atoms with Crippen molar-refractivity contribution in [3.63, 3.8) is 0 Å². The third kappa shape index (κ3) is 6.20. The summed E-state index contributed by atoms with van der Waals surface area (Å²) in [4.78, 5) is 25.5. The molecule has 9 heteroatoms. The molecule has 0 saturated carbocycles. The number of thiophene rings is 1. The minimum atomic E-state index is -0.376. The van der Waals surface area contributed by atoms with Crippen LogP contribution in [0.25, 0.3) is 11.4 Å². The summed E-state index contributed by atoms with van der Waals surface area (Å²) in [5, 5.41) is 14.5. The number of hydrogen-bond acceptors (Lipinski definition) is 7. The number of benzene rings is 1. The maximum atomic E-state index is 12.4. The molecule has 1 amide bonds. The van der Waals surface area contributed by atoms with E-state index in [4.69, 9.17) is 4.74 Å². The first-order chi connectivity index (χ1) is 15.5. The molecule has 0 bridgehead atoms. The van der Waals surface area contributed by atoms with Crippen LogP contribution in [-0.4, -0.2) is 39.0 Å². The first kappa shape index (κ1) is 24.0. The number of aromatic nitrogens is 3. The van der Waals surface area contributed by atoms with Crippen LogP contribution in [0.5, 0.6) is 0 Å². The topological polar surface area (TPSA) is 86.1 Å². The van der Waals surface area contributed by atoms with E-state index >= 15 is 0 Å². The number of nitrogens with one attached hydrogen (secondary N) is 1. The van der Waals surface area contributed by atoms with Crippen LogP contribution >= 0.6 is 23.1 Å². The van der Waals surface area contributed by atoms with Crippen molar-refractivity contribution >= 4 is 40.7 Å². The fourth-order valence-electron chi connectivity index (χ4n) is 3.14. The molecule has 0 saturated heterocycles. The standard InChI is InChI=1S/C23H28N4O3S2/c1-4-7-19-13-17(14-31-19)21-25-26-23(27(21)12-5-2)32-15-20(28)24-18-10-8-16(9-11-18)22(29)30-6-3/h8-11,13-14H,4-7,12,15H2,1-3H3,(H,24,28). The summed E-state index contributed by atoms with van der Waals surface area (Å²) in [6.45, 7) is 7.17. The Hall–Kier alpha value is -2.65. The van der Waals surface area contributed by atoms with Gasteiger partial charge in [0.1, 0.15) is 0 Å². The average molecular weight is 473 g/mol. The van der Waals surface area contributed by atoms with Crippen molar-refractivity contribution in [2.75, 3.05) is 17.7 Å². The number of rotatable bonds is 11. The van der Waals surface area contributed by atoms with E-state index in [-0.39, 0.29) is 17.6 Å². The minimum Gasteiger partial charge on any atom is -0.462 e. The molecule has 3 aromatic rings. The van der Waals surface area contributed by atoms with Gasteiger partial charge in [0.2, 0.25) is 5.91 Å². The van der Waals surface area contributed by atoms with Crippen LogP contribution in [0.2, 0.25) is 0 Å². The van der Waals surface area contributed by atoms with Gasteiger partial charge in [-0.2, -0.15) is 0 Å². The van der Waals surface area contributed by atoms with Gasteiger partial charge in [0.25, 0.3) is 0 Å². The molecule has 0 atom stereocenters. The van der Waals surface area contributed by atoms with Crippen LogP contribution in [0.15, 0.2) is 40.9 Å². The summed E-state index contributed by atoms with van der Waals surface area (Å²) in [6.07, 6.45) is 3.13. The summed E-state index contributed by atoms with van der Waals surface area (Å²) >= 11 is 3.12. The van der Waals surface area contributed by atoms with Gasteiger partial charge in [0.05, 0.1) is 17.9 Å². The Kier molecular flexibility index (Phi) is 8.87. The van der Waals surface area contributed by atoms with Gasteiger partial charge in [0.15, 0.2) is 11.0 Å². The van der Waals surface area contributed by atoms with Crippen molar-refractivity contribution in [2.24, 2.45) is 0 Å². The maximum Gasteiger partial charge on any atom is 0.338 e.